The molecule has 0 unspecified atom stereocenters. The van der Waals surface area contributed by atoms with Crippen LogP contribution >= 0.6 is 0 Å². The minimum absolute atomic E-state index is 0.294. The monoisotopic (exact) mass is 392 g/mol. The van der Waals surface area contributed by atoms with E-state index < -0.39 is 0 Å². The number of aromatic nitrogens is 2. The van der Waals surface area contributed by atoms with Gasteiger partial charge in [0.15, 0.2) is 0 Å². The van der Waals surface area contributed by atoms with Crippen LogP contribution in [0.4, 0.5) is 11.6 Å². The molecule has 0 bridgehead atoms. The Hall–Kier alpha value is -3.61. The minimum Gasteiger partial charge on any atom is -0.496 e. The average molecular weight is 392 g/mol. The van der Waals surface area contributed by atoms with Crippen LogP contribution in [-0.4, -0.2) is 36.1 Å². The molecule has 7 heteroatoms. The first-order valence-electron chi connectivity index (χ1n) is 9.42. The third kappa shape index (κ3) is 5.44. The van der Waals surface area contributed by atoms with Crippen molar-refractivity contribution in [1.82, 2.24) is 9.97 Å². The van der Waals surface area contributed by atoms with Gasteiger partial charge >= 0.3 is 0 Å². The van der Waals surface area contributed by atoms with Crippen LogP contribution in [0.3, 0.4) is 0 Å². The Balaban J connectivity index is 1.56. The summed E-state index contributed by atoms with van der Waals surface area (Å²) in [4.78, 5) is 20.9. The molecule has 3 aromatic rings. The third-order valence-electron chi connectivity index (χ3n) is 4.22. The van der Waals surface area contributed by atoms with Crippen LogP contribution in [0.1, 0.15) is 22.8 Å². The molecule has 150 valence electrons. The van der Waals surface area contributed by atoms with Crippen molar-refractivity contribution in [2.24, 2.45) is 0 Å². The first-order chi connectivity index (χ1) is 14.2. The van der Waals surface area contributed by atoms with Crippen LogP contribution in [0, 0.1) is 0 Å². The minimum atomic E-state index is -0.294. The molecule has 0 aliphatic rings. The molecular weight excluding hydrogens is 368 g/mol. The van der Waals surface area contributed by atoms with E-state index in [1.807, 2.05) is 49.4 Å². The number of carbonyl (C=O) groups is 1. The Kier molecular flexibility index (Phi) is 7.00. The van der Waals surface area contributed by atoms with Gasteiger partial charge in [-0.05, 0) is 37.1 Å². The number of hydrogen-bond acceptors (Lipinski definition) is 6. The van der Waals surface area contributed by atoms with Gasteiger partial charge in [-0.2, -0.15) is 0 Å². The highest BCUT2D eigenvalue weighted by Crippen LogP contribution is 2.24. The molecule has 0 atom stereocenters. The number of para-hydroxylation sites is 3. The van der Waals surface area contributed by atoms with E-state index in [0.717, 1.165) is 17.7 Å². The van der Waals surface area contributed by atoms with Gasteiger partial charge in [-0.15, -0.1) is 0 Å². The van der Waals surface area contributed by atoms with Gasteiger partial charge < -0.3 is 20.1 Å². The van der Waals surface area contributed by atoms with Gasteiger partial charge in [0.05, 0.1) is 25.0 Å². The number of ether oxygens (including phenoxy) is 2. The van der Waals surface area contributed by atoms with Crippen LogP contribution in [0.5, 0.6) is 11.5 Å². The Morgan fingerprint density at radius 1 is 1.00 bits per heavy atom. The van der Waals surface area contributed by atoms with Gasteiger partial charge in [0, 0.05) is 18.9 Å². The lowest BCUT2D eigenvalue weighted by Gasteiger charge is -2.11. The van der Waals surface area contributed by atoms with E-state index in [4.69, 9.17) is 9.47 Å². The van der Waals surface area contributed by atoms with Crippen molar-refractivity contribution in [2.75, 3.05) is 30.9 Å². The molecule has 2 aromatic carbocycles. The Morgan fingerprint density at radius 2 is 1.69 bits per heavy atom. The lowest BCUT2D eigenvalue weighted by Crippen LogP contribution is -2.15. The highest BCUT2D eigenvalue weighted by molar-refractivity contribution is 6.04. The van der Waals surface area contributed by atoms with Gasteiger partial charge in [0.2, 0.25) is 5.95 Å². The van der Waals surface area contributed by atoms with Crippen LogP contribution in [0.25, 0.3) is 0 Å². The van der Waals surface area contributed by atoms with Gasteiger partial charge in [-0.25, -0.2) is 9.97 Å². The normalized spacial score (nSPS) is 10.3. The molecule has 1 heterocycles. The van der Waals surface area contributed by atoms with E-state index >= 15 is 0 Å². The van der Waals surface area contributed by atoms with Crippen molar-refractivity contribution in [3.8, 4) is 11.5 Å². The van der Waals surface area contributed by atoms with Crippen molar-refractivity contribution in [3.63, 3.8) is 0 Å². The first-order valence-corrected chi connectivity index (χ1v) is 9.42. The molecule has 1 aromatic heterocycles. The van der Waals surface area contributed by atoms with Gasteiger partial charge in [-0.1, -0.05) is 30.3 Å². The van der Waals surface area contributed by atoms with Crippen LogP contribution in [0.2, 0.25) is 0 Å². The number of hydrogen-bond donors (Lipinski definition) is 2. The zero-order chi connectivity index (χ0) is 20.5. The topological polar surface area (TPSA) is 85.4 Å². The second-order valence-electron chi connectivity index (χ2n) is 6.17. The standard InChI is InChI=1S/C22H24N4O3/c1-3-29-20-11-7-5-9-18(20)26-21(27)17-14-24-22(25-15-17)23-13-12-16-8-4-6-10-19(16)28-2/h4-11,14-15H,3,12-13H2,1-2H3,(H,26,27)(H,23,24,25). The number of amides is 1. The second kappa shape index (κ2) is 10.1. The second-order valence-corrected chi connectivity index (χ2v) is 6.17. The van der Waals surface area contributed by atoms with E-state index in [-0.39, 0.29) is 5.91 Å². The van der Waals surface area contributed by atoms with Gasteiger partial charge in [0.1, 0.15) is 11.5 Å². The molecule has 3 rings (SSSR count). The predicted molar refractivity (Wildman–Crippen MR) is 113 cm³/mol. The van der Waals surface area contributed by atoms with E-state index in [1.54, 1.807) is 13.2 Å². The van der Waals surface area contributed by atoms with Crippen molar-refractivity contribution in [2.45, 2.75) is 13.3 Å². The van der Waals surface area contributed by atoms with E-state index in [9.17, 15) is 4.79 Å². The zero-order valence-electron chi connectivity index (χ0n) is 16.5. The Morgan fingerprint density at radius 3 is 2.41 bits per heavy atom. The number of anilines is 2. The number of carbonyl (C=O) groups excluding carboxylic acids is 1. The third-order valence-corrected chi connectivity index (χ3v) is 4.22. The van der Waals surface area contributed by atoms with E-state index in [2.05, 4.69) is 20.6 Å². The van der Waals surface area contributed by atoms with Gasteiger partial charge in [0.25, 0.3) is 5.91 Å². The van der Waals surface area contributed by atoms with E-state index in [1.165, 1.54) is 12.4 Å². The molecule has 1 amide bonds. The zero-order valence-corrected chi connectivity index (χ0v) is 16.5. The fourth-order valence-corrected chi connectivity index (χ4v) is 2.80. The van der Waals surface area contributed by atoms with Crippen LogP contribution in [-0.2, 0) is 6.42 Å². The highest BCUT2D eigenvalue weighted by atomic mass is 16.5. The number of rotatable bonds is 9. The predicted octanol–water partition coefficient (Wildman–Crippen LogP) is 3.79. The maximum absolute atomic E-state index is 12.5. The Labute approximate surface area is 170 Å². The molecule has 0 fully saturated rings. The van der Waals surface area contributed by atoms with Crippen LogP contribution < -0.4 is 20.1 Å². The molecular formula is C22H24N4O3. The fraction of sp³-hybridized carbons (Fsp3) is 0.227. The molecule has 29 heavy (non-hydrogen) atoms. The smallest absolute Gasteiger partial charge is 0.258 e. The quantitative estimate of drug-likeness (QED) is 0.576. The summed E-state index contributed by atoms with van der Waals surface area (Å²) in [6.45, 7) is 3.06. The molecule has 0 aliphatic carbocycles. The van der Waals surface area contributed by atoms with Crippen molar-refractivity contribution in [1.29, 1.82) is 0 Å². The lowest BCUT2D eigenvalue weighted by molar-refractivity contribution is 0.102. The summed E-state index contributed by atoms with van der Waals surface area (Å²) in [6.07, 6.45) is 3.76. The molecule has 2 N–H and O–H groups in total. The molecule has 0 saturated carbocycles. The fourth-order valence-electron chi connectivity index (χ4n) is 2.80. The molecule has 0 spiro atoms. The van der Waals surface area contributed by atoms with Crippen molar-refractivity contribution >= 4 is 17.5 Å². The summed E-state index contributed by atoms with van der Waals surface area (Å²) < 4.78 is 10.9. The molecule has 0 radical (unpaired) electrons. The average Bonchev–Trinajstić information content (AvgIpc) is 2.76. The van der Waals surface area contributed by atoms with Crippen molar-refractivity contribution < 1.29 is 14.3 Å². The number of nitrogens with one attached hydrogen (secondary N) is 2. The highest BCUT2D eigenvalue weighted by Gasteiger charge is 2.11. The summed E-state index contributed by atoms with van der Waals surface area (Å²) in [6, 6.07) is 15.2. The summed E-state index contributed by atoms with van der Waals surface area (Å²) in [5.74, 6) is 1.65. The Bertz CT molecular complexity index is 945. The summed E-state index contributed by atoms with van der Waals surface area (Å²) >= 11 is 0. The first kappa shape index (κ1) is 20.1. The van der Waals surface area contributed by atoms with Gasteiger partial charge in [-0.3, -0.25) is 4.79 Å². The number of methoxy groups -OCH3 is 1. The van der Waals surface area contributed by atoms with Crippen LogP contribution in [0.15, 0.2) is 60.9 Å². The molecule has 7 nitrogen and oxygen atoms in total. The largest absolute Gasteiger partial charge is 0.496 e. The SMILES string of the molecule is CCOc1ccccc1NC(=O)c1cnc(NCCc2ccccc2OC)nc1. The summed E-state index contributed by atoms with van der Waals surface area (Å²) in [7, 11) is 1.66. The summed E-state index contributed by atoms with van der Waals surface area (Å²) in [5.41, 5.74) is 2.08. The maximum atomic E-state index is 12.5. The number of benzene rings is 2. The van der Waals surface area contributed by atoms with E-state index in [0.29, 0.717) is 36.1 Å². The maximum Gasteiger partial charge on any atom is 0.258 e. The lowest BCUT2D eigenvalue weighted by atomic mass is 10.1. The number of nitrogens with zero attached hydrogens (tertiary/aromatic N) is 2. The summed E-state index contributed by atoms with van der Waals surface area (Å²) in [5, 5.41) is 5.99. The molecule has 0 saturated heterocycles. The molecule has 0 aliphatic heterocycles. The van der Waals surface area contributed by atoms with Crippen molar-refractivity contribution in [3.05, 3.63) is 72.1 Å².